The summed E-state index contributed by atoms with van der Waals surface area (Å²) < 4.78 is 40.3. The molecule has 1 fully saturated rings. The van der Waals surface area contributed by atoms with Gasteiger partial charge in [-0.25, -0.2) is 0 Å². The molecule has 0 amide bonds. The molecule has 0 saturated carbocycles. The monoisotopic (exact) mass is 325 g/mol. The Balaban J connectivity index is 2.32. The van der Waals surface area contributed by atoms with Gasteiger partial charge in [-0.1, -0.05) is 30.1 Å². The zero-order valence-corrected chi connectivity index (χ0v) is 12.6. The number of hydrogen-bond donors (Lipinski definition) is 0. The molecule has 0 aromatic heterocycles. The van der Waals surface area contributed by atoms with Crippen LogP contribution in [0.4, 0.5) is 13.2 Å². The molecule has 1 aromatic rings. The van der Waals surface area contributed by atoms with Gasteiger partial charge in [-0.15, -0.1) is 0 Å². The highest BCUT2D eigenvalue weighted by Crippen LogP contribution is 2.41. The maximum atomic E-state index is 13.4. The Kier molecular flexibility index (Phi) is 4.88. The summed E-state index contributed by atoms with van der Waals surface area (Å²) in [6, 6.07) is 2.51. The Morgan fingerprint density at radius 1 is 1.10 bits per heavy atom. The summed E-state index contributed by atoms with van der Waals surface area (Å²) >= 11 is 11.7. The first-order chi connectivity index (χ1) is 9.27. The lowest BCUT2D eigenvalue weighted by Crippen LogP contribution is -2.42. The average Bonchev–Trinajstić information content (AvgIpc) is 2.29. The molecule has 0 N–H and O–H groups in total. The van der Waals surface area contributed by atoms with Crippen molar-refractivity contribution in [3.63, 3.8) is 0 Å². The molecule has 1 atom stereocenters. The molecular formula is C14H16Cl2F3N. The van der Waals surface area contributed by atoms with E-state index in [1.54, 1.807) is 0 Å². The van der Waals surface area contributed by atoms with Crippen molar-refractivity contribution in [2.24, 2.45) is 5.92 Å². The Labute approximate surface area is 126 Å². The van der Waals surface area contributed by atoms with Gasteiger partial charge in [0.2, 0.25) is 0 Å². The molecule has 0 spiro atoms. The molecule has 112 valence electrons. The van der Waals surface area contributed by atoms with Crippen molar-refractivity contribution in [2.45, 2.75) is 32.0 Å². The predicted molar refractivity (Wildman–Crippen MR) is 75.2 cm³/mol. The minimum atomic E-state index is -4.34. The normalized spacial score (nSPS) is 20.1. The fraction of sp³-hybridized carbons (Fsp3) is 0.571. The lowest BCUT2D eigenvalue weighted by molar-refractivity contribution is -0.189. The fourth-order valence-electron chi connectivity index (χ4n) is 2.63. The topological polar surface area (TPSA) is 3.24 Å². The second kappa shape index (κ2) is 6.12. The predicted octanol–water partition coefficient (Wildman–Crippen LogP) is 5.33. The van der Waals surface area contributed by atoms with Gasteiger partial charge < -0.3 is 0 Å². The molecule has 0 aliphatic carbocycles. The zero-order chi connectivity index (χ0) is 14.9. The highest BCUT2D eigenvalue weighted by molar-refractivity contribution is 6.34. The van der Waals surface area contributed by atoms with Gasteiger partial charge >= 0.3 is 6.18 Å². The first-order valence-corrected chi connectivity index (χ1v) is 7.29. The molecule has 1 aliphatic heterocycles. The van der Waals surface area contributed by atoms with Crippen LogP contribution in [-0.4, -0.2) is 24.2 Å². The van der Waals surface area contributed by atoms with Crippen molar-refractivity contribution in [1.82, 2.24) is 4.90 Å². The van der Waals surface area contributed by atoms with Crippen molar-refractivity contribution in [2.75, 3.05) is 13.1 Å². The number of halogens is 5. The minimum Gasteiger partial charge on any atom is -0.289 e. The number of benzene rings is 1. The lowest BCUT2D eigenvalue weighted by Gasteiger charge is -2.37. The van der Waals surface area contributed by atoms with Gasteiger partial charge in [0, 0.05) is 10.0 Å². The Morgan fingerprint density at radius 2 is 1.60 bits per heavy atom. The van der Waals surface area contributed by atoms with E-state index < -0.39 is 12.2 Å². The van der Waals surface area contributed by atoms with E-state index >= 15 is 0 Å². The summed E-state index contributed by atoms with van der Waals surface area (Å²) in [6.07, 6.45) is -2.78. The van der Waals surface area contributed by atoms with Crippen LogP contribution in [0, 0.1) is 5.92 Å². The van der Waals surface area contributed by atoms with Crippen LogP contribution in [0.25, 0.3) is 0 Å². The van der Waals surface area contributed by atoms with E-state index in [2.05, 4.69) is 6.92 Å². The van der Waals surface area contributed by atoms with E-state index in [0.29, 0.717) is 19.0 Å². The van der Waals surface area contributed by atoms with Gasteiger partial charge in [-0.2, -0.15) is 13.2 Å². The summed E-state index contributed by atoms with van der Waals surface area (Å²) in [6.45, 7) is 2.95. The van der Waals surface area contributed by atoms with E-state index in [1.165, 1.54) is 23.1 Å². The molecular weight excluding hydrogens is 310 g/mol. The summed E-state index contributed by atoms with van der Waals surface area (Å²) in [5, 5.41) is 0.458. The Hall–Kier alpha value is -0.450. The Morgan fingerprint density at radius 3 is 2.05 bits per heavy atom. The zero-order valence-electron chi connectivity index (χ0n) is 11.1. The summed E-state index contributed by atoms with van der Waals surface area (Å²) in [4.78, 5) is 1.47. The van der Waals surface area contributed by atoms with Crippen LogP contribution in [0.3, 0.4) is 0 Å². The molecule has 0 unspecified atom stereocenters. The number of likely N-dealkylation sites (tertiary alicyclic amines) is 1. The highest BCUT2D eigenvalue weighted by atomic mass is 35.5. The first kappa shape index (κ1) is 15.9. The number of nitrogens with zero attached hydrogens (tertiary/aromatic N) is 1. The molecule has 2 rings (SSSR count). The van der Waals surface area contributed by atoms with Crippen molar-refractivity contribution >= 4 is 23.2 Å². The molecule has 1 heterocycles. The van der Waals surface area contributed by atoms with Crippen molar-refractivity contribution in [3.8, 4) is 0 Å². The third kappa shape index (κ3) is 3.80. The maximum Gasteiger partial charge on any atom is 0.408 e. The van der Waals surface area contributed by atoms with Gasteiger partial charge in [0.25, 0.3) is 0 Å². The molecule has 20 heavy (non-hydrogen) atoms. The second-order valence-electron chi connectivity index (χ2n) is 5.37. The van der Waals surface area contributed by atoms with Crippen molar-refractivity contribution in [1.29, 1.82) is 0 Å². The van der Waals surface area contributed by atoms with E-state index in [1.807, 2.05) is 0 Å². The van der Waals surface area contributed by atoms with Gasteiger partial charge in [0.15, 0.2) is 0 Å². The standard InChI is InChI=1S/C14H16Cl2F3N/c1-9-2-4-20(5-3-9)13(14(17,18)19)10-6-11(15)8-12(16)7-10/h6-9,13H,2-5H2,1H3/t13-/m0/s1. The minimum absolute atomic E-state index is 0.115. The molecule has 1 nitrogen and oxygen atoms in total. The molecule has 1 aromatic carbocycles. The highest BCUT2D eigenvalue weighted by Gasteiger charge is 2.45. The quantitative estimate of drug-likeness (QED) is 0.710. The first-order valence-electron chi connectivity index (χ1n) is 6.54. The van der Waals surface area contributed by atoms with Gasteiger partial charge in [0.1, 0.15) is 6.04 Å². The van der Waals surface area contributed by atoms with Crippen LogP contribution < -0.4 is 0 Å². The molecule has 6 heteroatoms. The van der Waals surface area contributed by atoms with Gasteiger partial charge in [-0.05, 0) is 55.6 Å². The van der Waals surface area contributed by atoms with E-state index in [4.69, 9.17) is 23.2 Å². The van der Waals surface area contributed by atoms with Crippen LogP contribution in [-0.2, 0) is 0 Å². The molecule has 1 aliphatic rings. The lowest BCUT2D eigenvalue weighted by atomic mass is 9.95. The van der Waals surface area contributed by atoms with Gasteiger partial charge in [0.05, 0.1) is 0 Å². The molecule has 0 radical (unpaired) electrons. The molecule has 1 saturated heterocycles. The van der Waals surface area contributed by atoms with E-state index in [0.717, 1.165) is 12.8 Å². The average molecular weight is 326 g/mol. The largest absolute Gasteiger partial charge is 0.408 e. The van der Waals surface area contributed by atoms with Crippen molar-refractivity contribution in [3.05, 3.63) is 33.8 Å². The second-order valence-corrected chi connectivity index (χ2v) is 6.24. The van der Waals surface area contributed by atoms with E-state index in [9.17, 15) is 13.2 Å². The maximum absolute atomic E-state index is 13.4. The number of piperidine rings is 1. The van der Waals surface area contributed by atoms with Crippen LogP contribution in [0.2, 0.25) is 10.0 Å². The summed E-state index contributed by atoms with van der Waals surface area (Å²) in [5.74, 6) is 0.475. The van der Waals surface area contributed by atoms with Crippen LogP contribution in [0.5, 0.6) is 0 Å². The number of alkyl halides is 3. The summed E-state index contributed by atoms with van der Waals surface area (Å²) in [5.41, 5.74) is 0.115. The third-order valence-corrected chi connectivity index (χ3v) is 4.13. The van der Waals surface area contributed by atoms with Crippen LogP contribution in [0.1, 0.15) is 31.4 Å². The van der Waals surface area contributed by atoms with Crippen LogP contribution >= 0.6 is 23.2 Å². The van der Waals surface area contributed by atoms with Crippen molar-refractivity contribution < 1.29 is 13.2 Å². The SMILES string of the molecule is CC1CCN([C@@H](c2cc(Cl)cc(Cl)c2)C(F)(F)F)CC1. The fourth-order valence-corrected chi connectivity index (χ4v) is 3.17. The van der Waals surface area contributed by atoms with Crippen LogP contribution in [0.15, 0.2) is 18.2 Å². The Bertz CT molecular complexity index is 448. The molecule has 0 bridgehead atoms. The smallest absolute Gasteiger partial charge is 0.289 e. The van der Waals surface area contributed by atoms with E-state index in [-0.39, 0.29) is 15.6 Å². The third-order valence-electron chi connectivity index (χ3n) is 3.69. The number of hydrogen-bond acceptors (Lipinski definition) is 1. The summed E-state index contributed by atoms with van der Waals surface area (Å²) in [7, 11) is 0. The van der Waals surface area contributed by atoms with Gasteiger partial charge in [-0.3, -0.25) is 4.90 Å². The number of rotatable bonds is 2.